The summed E-state index contributed by atoms with van der Waals surface area (Å²) in [6, 6.07) is 3.80. The Kier molecular flexibility index (Phi) is 3.46. The van der Waals surface area contributed by atoms with Crippen molar-refractivity contribution in [3.05, 3.63) is 29.6 Å². The van der Waals surface area contributed by atoms with Gasteiger partial charge in [0.2, 0.25) is 0 Å². The molecule has 0 radical (unpaired) electrons. The molecular formula is C11H14FNO3S. The van der Waals surface area contributed by atoms with Crippen LogP contribution in [0.2, 0.25) is 0 Å². The van der Waals surface area contributed by atoms with Crippen LogP contribution in [-0.2, 0) is 14.6 Å². The molecule has 0 aliphatic carbocycles. The summed E-state index contributed by atoms with van der Waals surface area (Å²) in [6.07, 6.45) is 0.769. The highest BCUT2D eigenvalue weighted by atomic mass is 32.2. The van der Waals surface area contributed by atoms with Crippen LogP contribution >= 0.6 is 0 Å². The molecule has 1 unspecified atom stereocenters. The predicted molar refractivity (Wildman–Crippen MR) is 61.1 cm³/mol. The Morgan fingerprint density at radius 3 is 2.76 bits per heavy atom. The molecule has 1 N–H and O–H groups in total. The second-order valence-electron chi connectivity index (χ2n) is 4.06. The van der Waals surface area contributed by atoms with Gasteiger partial charge in [-0.2, -0.15) is 0 Å². The smallest absolute Gasteiger partial charge is 0.175 e. The highest BCUT2D eigenvalue weighted by Crippen LogP contribution is 2.23. The van der Waals surface area contributed by atoms with Crippen LogP contribution in [0.1, 0.15) is 11.7 Å². The number of sulfone groups is 1. The summed E-state index contributed by atoms with van der Waals surface area (Å²) in [7, 11) is -3.40. The fraction of sp³-hybridized carbons (Fsp3) is 0.455. The second kappa shape index (κ2) is 4.72. The van der Waals surface area contributed by atoms with Crippen molar-refractivity contribution in [2.75, 3.05) is 26.0 Å². The Morgan fingerprint density at radius 1 is 1.41 bits per heavy atom. The van der Waals surface area contributed by atoms with Crippen molar-refractivity contribution in [1.82, 2.24) is 5.32 Å². The second-order valence-corrected chi connectivity index (χ2v) is 6.07. The van der Waals surface area contributed by atoms with E-state index in [-0.39, 0.29) is 11.0 Å². The standard InChI is InChI=1S/C11H14FNO3S/c1-17(14,15)10-5-8(4-9(12)6-10)11-7-13-2-3-16-11/h4-6,11,13H,2-3,7H2,1H3. The van der Waals surface area contributed by atoms with Crippen molar-refractivity contribution in [3.63, 3.8) is 0 Å². The summed E-state index contributed by atoms with van der Waals surface area (Å²) in [5.74, 6) is -0.558. The molecule has 1 aromatic carbocycles. The minimum atomic E-state index is -3.40. The third-order valence-electron chi connectivity index (χ3n) is 2.62. The molecule has 0 amide bonds. The Balaban J connectivity index is 2.37. The first-order valence-corrected chi connectivity index (χ1v) is 7.19. The van der Waals surface area contributed by atoms with E-state index in [0.29, 0.717) is 18.7 Å². The van der Waals surface area contributed by atoms with Crippen LogP contribution in [-0.4, -0.2) is 34.4 Å². The Hall–Kier alpha value is -0.980. The molecule has 0 bridgehead atoms. The van der Waals surface area contributed by atoms with Crippen LogP contribution in [0, 0.1) is 5.82 Å². The number of hydrogen-bond donors (Lipinski definition) is 1. The van der Waals surface area contributed by atoms with Gasteiger partial charge in [-0.1, -0.05) is 0 Å². The maximum atomic E-state index is 13.4. The number of benzene rings is 1. The third-order valence-corrected chi connectivity index (χ3v) is 3.71. The van der Waals surface area contributed by atoms with Crippen LogP contribution < -0.4 is 5.32 Å². The number of rotatable bonds is 2. The molecule has 1 aromatic rings. The van der Waals surface area contributed by atoms with Crippen molar-refractivity contribution in [3.8, 4) is 0 Å². The first kappa shape index (κ1) is 12.5. The molecule has 6 heteroatoms. The highest BCUT2D eigenvalue weighted by Gasteiger charge is 2.19. The molecule has 1 aliphatic heterocycles. The molecule has 4 nitrogen and oxygen atoms in total. The number of nitrogens with one attached hydrogen (secondary N) is 1. The molecule has 0 aromatic heterocycles. The number of hydrogen-bond acceptors (Lipinski definition) is 4. The van der Waals surface area contributed by atoms with Gasteiger partial charge in [-0.05, 0) is 23.8 Å². The van der Waals surface area contributed by atoms with Crippen LogP contribution in [0.25, 0.3) is 0 Å². The zero-order valence-electron chi connectivity index (χ0n) is 9.44. The molecule has 0 saturated carbocycles. The minimum Gasteiger partial charge on any atom is -0.371 e. The van der Waals surface area contributed by atoms with Gasteiger partial charge in [-0.3, -0.25) is 0 Å². The van der Waals surface area contributed by atoms with E-state index in [0.717, 1.165) is 18.9 Å². The lowest BCUT2D eigenvalue weighted by atomic mass is 10.1. The summed E-state index contributed by atoms with van der Waals surface area (Å²) in [5.41, 5.74) is 0.553. The van der Waals surface area contributed by atoms with Gasteiger partial charge in [0, 0.05) is 19.3 Å². The number of ether oxygens (including phenoxy) is 1. The van der Waals surface area contributed by atoms with Gasteiger partial charge < -0.3 is 10.1 Å². The van der Waals surface area contributed by atoms with Gasteiger partial charge in [-0.15, -0.1) is 0 Å². The van der Waals surface area contributed by atoms with E-state index in [1.54, 1.807) is 0 Å². The molecule has 0 spiro atoms. The van der Waals surface area contributed by atoms with Crippen molar-refractivity contribution in [2.24, 2.45) is 0 Å². The van der Waals surface area contributed by atoms with E-state index in [1.807, 2.05) is 0 Å². The molecular weight excluding hydrogens is 245 g/mol. The summed E-state index contributed by atoms with van der Waals surface area (Å²) >= 11 is 0. The zero-order chi connectivity index (χ0) is 12.5. The average Bonchev–Trinajstić information content (AvgIpc) is 2.28. The van der Waals surface area contributed by atoms with Gasteiger partial charge in [0.25, 0.3) is 0 Å². The van der Waals surface area contributed by atoms with Crippen LogP contribution in [0.5, 0.6) is 0 Å². The van der Waals surface area contributed by atoms with E-state index in [9.17, 15) is 12.8 Å². The summed E-state index contributed by atoms with van der Waals surface area (Å²) in [6.45, 7) is 1.85. The van der Waals surface area contributed by atoms with Crippen molar-refractivity contribution < 1.29 is 17.5 Å². The topological polar surface area (TPSA) is 55.4 Å². The SMILES string of the molecule is CS(=O)(=O)c1cc(F)cc(C2CNCCO2)c1. The van der Waals surface area contributed by atoms with E-state index < -0.39 is 15.7 Å². The lowest BCUT2D eigenvalue weighted by molar-refractivity contribution is 0.0274. The van der Waals surface area contributed by atoms with Gasteiger partial charge in [-0.25, -0.2) is 12.8 Å². The van der Waals surface area contributed by atoms with Crippen LogP contribution in [0.15, 0.2) is 23.1 Å². The highest BCUT2D eigenvalue weighted by molar-refractivity contribution is 7.90. The zero-order valence-corrected chi connectivity index (χ0v) is 10.3. The van der Waals surface area contributed by atoms with Crippen molar-refractivity contribution in [2.45, 2.75) is 11.0 Å². The monoisotopic (exact) mass is 259 g/mol. The number of morpholine rings is 1. The van der Waals surface area contributed by atoms with Gasteiger partial charge in [0.1, 0.15) is 5.82 Å². The summed E-state index contributed by atoms with van der Waals surface area (Å²) in [5, 5.41) is 3.11. The van der Waals surface area contributed by atoms with E-state index in [4.69, 9.17) is 4.74 Å². The summed E-state index contributed by atoms with van der Waals surface area (Å²) in [4.78, 5) is -0.0123. The fourth-order valence-corrected chi connectivity index (χ4v) is 2.44. The van der Waals surface area contributed by atoms with Gasteiger partial charge >= 0.3 is 0 Å². The normalized spacial score (nSPS) is 21.4. The lowest BCUT2D eigenvalue weighted by Crippen LogP contribution is -2.33. The predicted octanol–water partition coefficient (Wildman–Crippen LogP) is 0.890. The molecule has 17 heavy (non-hydrogen) atoms. The molecule has 1 fully saturated rings. The largest absolute Gasteiger partial charge is 0.371 e. The van der Waals surface area contributed by atoms with E-state index in [2.05, 4.69) is 5.32 Å². The van der Waals surface area contributed by atoms with Crippen LogP contribution in [0.4, 0.5) is 4.39 Å². The van der Waals surface area contributed by atoms with Crippen LogP contribution in [0.3, 0.4) is 0 Å². The maximum absolute atomic E-state index is 13.4. The third kappa shape index (κ3) is 3.02. The molecule has 94 valence electrons. The van der Waals surface area contributed by atoms with Crippen molar-refractivity contribution in [1.29, 1.82) is 0 Å². The first-order chi connectivity index (χ1) is 7.97. The van der Waals surface area contributed by atoms with E-state index in [1.165, 1.54) is 12.1 Å². The maximum Gasteiger partial charge on any atom is 0.175 e. The van der Waals surface area contributed by atoms with Crippen molar-refractivity contribution >= 4 is 9.84 Å². The molecule has 2 rings (SSSR count). The number of halogens is 1. The molecule has 1 aliphatic rings. The van der Waals surface area contributed by atoms with E-state index >= 15 is 0 Å². The minimum absolute atomic E-state index is 0.0123. The van der Waals surface area contributed by atoms with Gasteiger partial charge in [0.05, 0.1) is 17.6 Å². The molecule has 1 heterocycles. The lowest BCUT2D eigenvalue weighted by Gasteiger charge is -2.24. The quantitative estimate of drug-likeness (QED) is 0.857. The molecule has 1 atom stereocenters. The first-order valence-electron chi connectivity index (χ1n) is 5.30. The Morgan fingerprint density at radius 2 is 2.18 bits per heavy atom. The average molecular weight is 259 g/mol. The fourth-order valence-electron chi connectivity index (χ4n) is 1.76. The van der Waals surface area contributed by atoms with Gasteiger partial charge in [0.15, 0.2) is 9.84 Å². The Bertz CT molecular complexity index is 509. The summed E-state index contributed by atoms with van der Waals surface area (Å²) < 4.78 is 41.6. The Labute approximate surface area is 99.7 Å². The molecule has 1 saturated heterocycles.